The maximum absolute atomic E-state index is 12.5. The Kier molecular flexibility index (Phi) is 4.84. The maximum Gasteiger partial charge on any atom is 0.265 e. The Morgan fingerprint density at radius 1 is 1.33 bits per heavy atom. The van der Waals surface area contributed by atoms with Gasteiger partial charge in [0.15, 0.2) is 0 Å². The molecule has 0 spiro atoms. The Morgan fingerprint density at radius 3 is 2.57 bits per heavy atom. The van der Waals surface area contributed by atoms with E-state index in [0.717, 1.165) is 15.0 Å². The van der Waals surface area contributed by atoms with E-state index in [1.165, 1.54) is 11.3 Å². The highest BCUT2D eigenvalue weighted by Gasteiger charge is 2.22. The molecule has 0 aliphatic heterocycles. The van der Waals surface area contributed by atoms with Crippen LogP contribution in [-0.4, -0.2) is 22.8 Å². The molecule has 1 heterocycles. The number of carbonyl (C=O) groups is 1. The molecule has 0 unspecified atom stereocenters. The van der Waals surface area contributed by atoms with Crippen LogP contribution in [0.2, 0.25) is 0 Å². The first kappa shape index (κ1) is 16.2. The second-order valence-corrected chi connectivity index (χ2v) is 7.92. The fraction of sp³-hybridized carbons (Fsp3) is 0.375. The molecule has 0 bridgehead atoms. The number of nitrogens with zero attached hydrogens (tertiary/aromatic N) is 2. The zero-order valence-corrected chi connectivity index (χ0v) is 15.1. The van der Waals surface area contributed by atoms with Crippen molar-refractivity contribution in [2.24, 2.45) is 0 Å². The van der Waals surface area contributed by atoms with Gasteiger partial charge in [0.05, 0.1) is 11.2 Å². The standard InChI is InChI=1S/C16H19BrN2OS/c1-16(2,3)15-18-9-13(21-15)14(20)19(4)10-11-7-5-6-8-12(11)17/h5-9H,10H2,1-4H3. The fourth-order valence-electron chi connectivity index (χ4n) is 1.86. The molecule has 1 aromatic carbocycles. The predicted molar refractivity (Wildman–Crippen MR) is 90.8 cm³/mol. The van der Waals surface area contributed by atoms with Gasteiger partial charge >= 0.3 is 0 Å². The number of hydrogen-bond donors (Lipinski definition) is 0. The van der Waals surface area contributed by atoms with Crippen molar-refractivity contribution in [3.8, 4) is 0 Å². The van der Waals surface area contributed by atoms with Crippen LogP contribution in [0.5, 0.6) is 0 Å². The third-order valence-corrected chi connectivity index (χ3v) is 5.25. The summed E-state index contributed by atoms with van der Waals surface area (Å²) in [7, 11) is 1.82. The van der Waals surface area contributed by atoms with Gasteiger partial charge in [-0.25, -0.2) is 4.98 Å². The SMILES string of the molecule is CN(Cc1ccccc1Br)C(=O)c1cnc(C(C)(C)C)s1. The first-order valence-electron chi connectivity index (χ1n) is 6.74. The molecular formula is C16H19BrN2OS. The summed E-state index contributed by atoms with van der Waals surface area (Å²) in [6.45, 7) is 6.88. The summed E-state index contributed by atoms with van der Waals surface area (Å²) in [6, 6.07) is 7.94. The number of aromatic nitrogens is 1. The molecule has 3 nitrogen and oxygen atoms in total. The minimum atomic E-state index is -0.0236. The van der Waals surface area contributed by atoms with Crippen LogP contribution in [0.3, 0.4) is 0 Å². The highest BCUT2D eigenvalue weighted by Crippen LogP contribution is 2.27. The fourth-order valence-corrected chi connectivity index (χ4v) is 3.24. The van der Waals surface area contributed by atoms with E-state index in [2.05, 4.69) is 41.7 Å². The summed E-state index contributed by atoms with van der Waals surface area (Å²) < 4.78 is 1.02. The van der Waals surface area contributed by atoms with Crippen LogP contribution >= 0.6 is 27.3 Å². The number of carbonyl (C=O) groups excluding carboxylic acids is 1. The van der Waals surface area contributed by atoms with Crippen LogP contribution < -0.4 is 0 Å². The van der Waals surface area contributed by atoms with E-state index in [4.69, 9.17) is 0 Å². The van der Waals surface area contributed by atoms with Crippen molar-refractivity contribution in [1.82, 2.24) is 9.88 Å². The number of rotatable bonds is 3. The van der Waals surface area contributed by atoms with Crippen LogP contribution in [0.4, 0.5) is 0 Å². The number of hydrogen-bond acceptors (Lipinski definition) is 3. The van der Waals surface area contributed by atoms with Crippen LogP contribution in [0.1, 0.15) is 41.0 Å². The van der Waals surface area contributed by atoms with E-state index in [1.807, 2.05) is 31.3 Å². The lowest BCUT2D eigenvalue weighted by Crippen LogP contribution is -2.25. The maximum atomic E-state index is 12.5. The van der Waals surface area contributed by atoms with Crippen molar-refractivity contribution in [3.63, 3.8) is 0 Å². The molecule has 2 rings (SSSR count). The molecule has 0 N–H and O–H groups in total. The van der Waals surface area contributed by atoms with E-state index in [1.54, 1.807) is 11.1 Å². The summed E-state index contributed by atoms with van der Waals surface area (Å²) in [4.78, 5) is 19.3. The highest BCUT2D eigenvalue weighted by atomic mass is 79.9. The third kappa shape index (κ3) is 3.92. The molecule has 1 amide bonds. The highest BCUT2D eigenvalue weighted by molar-refractivity contribution is 9.10. The Morgan fingerprint density at radius 2 is 2.00 bits per heavy atom. The van der Waals surface area contributed by atoms with Gasteiger partial charge in [0, 0.05) is 23.5 Å². The van der Waals surface area contributed by atoms with Gasteiger partial charge in [-0.3, -0.25) is 4.79 Å². The summed E-state index contributed by atoms with van der Waals surface area (Å²) in [5, 5.41) is 0.986. The van der Waals surface area contributed by atoms with E-state index in [0.29, 0.717) is 11.4 Å². The summed E-state index contributed by atoms with van der Waals surface area (Å²) in [6.07, 6.45) is 1.68. The Hall–Kier alpha value is -1.20. The van der Waals surface area contributed by atoms with Gasteiger partial charge in [-0.2, -0.15) is 0 Å². The minimum Gasteiger partial charge on any atom is -0.337 e. The Bertz CT molecular complexity index is 646. The number of amides is 1. The van der Waals surface area contributed by atoms with Crippen molar-refractivity contribution in [3.05, 3.63) is 50.4 Å². The molecule has 1 aromatic heterocycles. The van der Waals surface area contributed by atoms with Crippen molar-refractivity contribution in [2.75, 3.05) is 7.05 Å². The molecule has 0 fully saturated rings. The summed E-state index contributed by atoms with van der Waals surface area (Å²) in [5.74, 6) is 0.0127. The summed E-state index contributed by atoms with van der Waals surface area (Å²) >= 11 is 4.99. The van der Waals surface area contributed by atoms with Gasteiger partial charge in [-0.15, -0.1) is 11.3 Å². The van der Waals surface area contributed by atoms with E-state index in [-0.39, 0.29) is 11.3 Å². The molecule has 5 heteroatoms. The zero-order valence-electron chi connectivity index (χ0n) is 12.7. The molecule has 0 saturated heterocycles. The van der Waals surface area contributed by atoms with Crippen molar-refractivity contribution in [1.29, 1.82) is 0 Å². The molecule has 0 saturated carbocycles. The van der Waals surface area contributed by atoms with E-state index in [9.17, 15) is 4.79 Å². The van der Waals surface area contributed by atoms with Crippen molar-refractivity contribution < 1.29 is 4.79 Å². The minimum absolute atomic E-state index is 0.0127. The van der Waals surface area contributed by atoms with Crippen molar-refractivity contribution >= 4 is 33.2 Å². The molecule has 0 atom stereocenters. The topological polar surface area (TPSA) is 33.2 Å². The number of thiazole rings is 1. The monoisotopic (exact) mass is 366 g/mol. The lowest BCUT2D eigenvalue weighted by atomic mass is 9.98. The van der Waals surface area contributed by atoms with Gasteiger partial charge in [-0.05, 0) is 11.6 Å². The molecular weight excluding hydrogens is 348 g/mol. The van der Waals surface area contributed by atoms with Gasteiger partial charge in [0.25, 0.3) is 5.91 Å². The van der Waals surface area contributed by atoms with Gasteiger partial charge in [0.1, 0.15) is 4.88 Å². The summed E-state index contributed by atoms with van der Waals surface area (Å²) in [5.41, 5.74) is 1.07. The van der Waals surface area contributed by atoms with Crippen LogP contribution in [0.25, 0.3) is 0 Å². The predicted octanol–water partition coefficient (Wildman–Crippen LogP) is 4.48. The van der Waals surface area contributed by atoms with E-state index < -0.39 is 0 Å². The van der Waals surface area contributed by atoms with Gasteiger partial charge < -0.3 is 4.90 Å². The first-order chi connectivity index (χ1) is 9.79. The second-order valence-electron chi connectivity index (χ2n) is 6.03. The normalized spacial score (nSPS) is 11.5. The average Bonchev–Trinajstić information content (AvgIpc) is 2.90. The lowest BCUT2D eigenvalue weighted by molar-refractivity contribution is 0.0789. The second kappa shape index (κ2) is 6.28. The third-order valence-electron chi connectivity index (χ3n) is 3.07. The largest absolute Gasteiger partial charge is 0.337 e. The Balaban J connectivity index is 2.13. The molecule has 0 aliphatic rings. The lowest BCUT2D eigenvalue weighted by Gasteiger charge is -2.17. The molecule has 21 heavy (non-hydrogen) atoms. The van der Waals surface area contributed by atoms with Crippen LogP contribution in [-0.2, 0) is 12.0 Å². The smallest absolute Gasteiger partial charge is 0.265 e. The number of benzene rings is 1. The molecule has 0 aliphatic carbocycles. The van der Waals surface area contributed by atoms with E-state index >= 15 is 0 Å². The van der Waals surface area contributed by atoms with Gasteiger partial charge in [0.2, 0.25) is 0 Å². The van der Waals surface area contributed by atoms with Gasteiger partial charge in [-0.1, -0.05) is 54.9 Å². The van der Waals surface area contributed by atoms with Crippen molar-refractivity contribution in [2.45, 2.75) is 32.7 Å². The average molecular weight is 367 g/mol. The zero-order chi connectivity index (χ0) is 15.6. The quantitative estimate of drug-likeness (QED) is 0.802. The van der Waals surface area contributed by atoms with Crippen LogP contribution in [0.15, 0.2) is 34.9 Å². The Labute approximate surface area is 138 Å². The molecule has 2 aromatic rings. The molecule has 112 valence electrons. The molecule has 0 radical (unpaired) electrons. The van der Waals surface area contributed by atoms with Crippen LogP contribution in [0, 0.1) is 0 Å². The first-order valence-corrected chi connectivity index (χ1v) is 8.35. The number of halogens is 1.